The molecule has 2 amide bonds. The second kappa shape index (κ2) is 4.82. The summed E-state index contributed by atoms with van der Waals surface area (Å²) in [6.07, 6.45) is 0. The van der Waals surface area contributed by atoms with E-state index in [-0.39, 0.29) is 23.7 Å². The van der Waals surface area contributed by atoms with Gasteiger partial charge in [0, 0.05) is 19.2 Å². The van der Waals surface area contributed by atoms with Gasteiger partial charge in [-0.05, 0) is 6.07 Å². The molecule has 0 aliphatic carbocycles. The maximum atomic E-state index is 12.1. The second-order valence-corrected chi connectivity index (χ2v) is 3.85. The number of nitrogens with zero attached hydrogens (tertiary/aromatic N) is 2. The largest absolute Gasteiger partial charge is 0.353 e. The molecular formula is C11H11N3O4. The van der Waals surface area contributed by atoms with E-state index in [1.54, 1.807) is 6.07 Å². The highest BCUT2D eigenvalue weighted by Crippen LogP contribution is 2.19. The minimum atomic E-state index is -0.600. The number of para-hydroxylation sites is 1. The predicted octanol–water partition coefficient (Wildman–Crippen LogP) is 0.167. The molecule has 1 aromatic rings. The summed E-state index contributed by atoms with van der Waals surface area (Å²) < 4.78 is 0. The quantitative estimate of drug-likeness (QED) is 0.597. The van der Waals surface area contributed by atoms with Crippen LogP contribution < -0.4 is 5.32 Å². The molecule has 0 atom stereocenters. The topological polar surface area (TPSA) is 92.5 Å². The molecule has 7 nitrogen and oxygen atoms in total. The third kappa shape index (κ3) is 2.29. The van der Waals surface area contributed by atoms with Crippen molar-refractivity contribution in [1.29, 1.82) is 0 Å². The van der Waals surface area contributed by atoms with Crippen molar-refractivity contribution < 1.29 is 14.5 Å². The molecule has 0 aromatic heterocycles. The van der Waals surface area contributed by atoms with Crippen LogP contribution in [0, 0.1) is 10.1 Å². The number of hydrogen-bond acceptors (Lipinski definition) is 4. The zero-order chi connectivity index (χ0) is 13.1. The normalized spacial score (nSPS) is 15.1. The molecule has 1 fully saturated rings. The molecule has 0 saturated carbocycles. The van der Waals surface area contributed by atoms with Gasteiger partial charge in [-0.2, -0.15) is 0 Å². The number of carbonyl (C=O) groups excluding carboxylic acids is 2. The average Bonchev–Trinajstić information content (AvgIpc) is 2.38. The van der Waals surface area contributed by atoms with Gasteiger partial charge in [0.2, 0.25) is 5.91 Å². The van der Waals surface area contributed by atoms with Crippen LogP contribution in [0.4, 0.5) is 5.69 Å². The number of rotatable bonds is 2. The average molecular weight is 249 g/mol. The van der Waals surface area contributed by atoms with E-state index in [1.807, 2.05) is 0 Å². The molecule has 1 heterocycles. The summed E-state index contributed by atoms with van der Waals surface area (Å²) in [5, 5.41) is 13.4. The van der Waals surface area contributed by atoms with Crippen molar-refractivity contribution in [2.45, 2.75) is 0 Å². The predicted molar refractivity (Wildman–Crippen MR) is 62.0 cm³/mol. The van der Waals surface area contributed by atoms with Gasteiger partial charge >= 0.3 is 0 Å². The van der Waals surface area contributed by atoms with Crippen LogP contribution in [0.3, 0.4) is 0 Å². The molecule has 7 heteroatoms. The first-order valence-corrected chi connectivity index (χ1v) is 5.39. The first kappa shape index (κ1) is 12.0. The van der Waals surface area contributed by atoms with Gasteiger partial charge < -0.3 is 10.2 Å². The smallest absolute Gasteiger partial charge is 0.282 e. The molecule has 0 radical (unpaired) electrons. The third-order valence-electron chi connectivity index (χ3n) is 2.66. The van der Waals surface area contributed by atoms with Crippen LogP contribution in [-0.2, 0) is 4.79 Å². The highest BCUT2D eigenvalue weighted by Gasteiger charge is 2.27. The van der Waals surface area contributed by atoms with E-state index < -0.39 is 10.8 Å². The molecule has 1 aliphatic heterocycles. The number of piperazine rings is 1. The number of nitro groups is 1. The lowest BCUT2D eigenvalue weighted by molar-refractivity contribution is -0.385. The summed E-state index contributed by atoms with van der Waals surface area (Å²) in [5.41, 5.74) is -0.231. The van der Waals surface area contributed by atoms with Crippen LogP contribution in [0.15, 0.2) is 24.3 Å². The molecule has 0 bridgehead atoms. The van der Waals surface area contributed by atoms with E-state index in [2.05, 4.69) is 5.32 Å². The van der Waals surface area contributed by atoms with Gasteiger partial charge in [0.25, 0.3) is 11.6 Å². The Balaban J connectivity index is 2.28. The molecule has 1 saturated heterocycles. The number of nitrogens with one attached hydrogen (secondary N) is 1. The van der Waals surface area contributed by atoms with E-state index in [4.69, 9.17) is 0 Å². The molecule has 18 heavy (non-hydrogen) atoms. The lowest BCUT2D eigenvalue weighted by Gasteiger charge is -2.26. The summed E-state index contributed by atoms with van der Waals surface area (Å²) in [4.78, 5) is 34.8. The molecular weight excluding hydrogens is 238 g/mol. The number of amides is 2. The zero-order valence-corrected chi connectivity index (χ0v) is 9.46. The van der Waals surface area contributed by atoms with Gasteiger partial charge in [-0.15, -0.1) is 0 Å². The van der Waals surface area contributed by atoms with Crippen LogP contribution in [0.5, 0.6) is 0 Å². The van der Waals surface area contributed by atoms with Crippen molar-refractivity contribution in [2.24, 2.45) is 0 Å². The molecule has 2 rings (SSSR count). The van der Waals surface area contributed by atoms with Crippen molar-refractivity contribution >= 4 is 17.5 Å². The maximum absolute atomic E-state index is 12.1. The SMILES string of the molecule is O=C1CN(C(=O)c2ccccc2[N+](=O)[O-])CCN1. The van der Waals surface area contributed by atoms with Crippen LogP contribution in [0.25, 0.3) is 0 Å². The highest BCUT2D eigenvalue weighted by atomic mass is 16.6. The van der Waals surface area contributed by atoms with Gasteiger partial charge in [-0.3, -0.25) is 19.7 Å². The Labute approximate surface area is 103 Å². The fourth-order valence-electron chi connectivity index (χ4n) is 1.80. The summed E-state index contributed by atoms with van der Waals surface area (Å²) in [6, 6.07) is 5.73. The summed E-state index contributed by atoms with van der Waals surface area (Å²) in [5.74, 6) is -0.745. The third-order valence-corrected chi connectivity index (χ3v) is 2.66. The standard InChI is InChI=1S/C11H11N3O4/c15-10-7-13(6-5-12-10)11(16)8-3-1-2-4-9(8)14(17)18/h1-4H,5-7H2,(H,12,15). The van der Waals surface area contributed by atoms with Crippen molar-refractivity contribution in [3.8, 4) is 0 Å². The minimum absolute atomic E-state index is 0.0113. The van der Waals surface area contributed by atoms with Crippen LogP contribution >= 0.6 is 0 Å². The van der Waals surface area contributed by atoms with Gasteiger partial charge in [-0.25, -0.2) is 0 Å². The zero-order valence-electron chi connectivity index (χ0n) is 9.46. The first-order chi connectivity index (χ1) is 8.59. The van der Waals surface area contributed by atoms with E-state index in [9.17, 15) is 19.7 Å². The Hall–Kier alpha value is -2.44. The molecule has 0 spiro atoms. The first-order valence-electron chi connectivity index (χ1n) is 5.39. The Kier molecular flexibility index (Phi) is 3.22. The minimum Gasteiger partial charge on any atom is -0.353 e. The second-order valence-electron chi connectivity index (χ2n) is 3.85. The van der Waals surface area contributed by atoms with Crippen LogP contribution in [0.1, 0.15) is 10.4 Å². The van der Waals surface area contributed by atoms with Gasteiger partial charge in [0.1, 0.15) is 5.56 Å². The fraction of sp³-hybridized carbons (Fsp3) is 0.273. The highest BCUT2D eigenvalue weighted by molar-refractivity contribution is 6.00. The van der Waals surface area contributed by atoms with Gasteiger partial charge in [0.05, 0.1) is 11.5 Å². The Morgan fingerprint density at radius 2 is 2.11 bits per heavy atom. The molecule has 1 aliphatic rings. The lowest BCUT2D eigenvalue weighted by Crippen LogP contribution is -2.50. The Bertz CT molecular complexity index is 515. The number of benzene rings is 1. The van der Waals surface area contributed by atoms with Crippen molar-refractivity contribution in [3.05, 3.63) is 39.9 Å². The van der Waals surface area contributed by atoms with Crippen LogP contribution in [-0.4, -0.2) is 41.3 Å². The molecule has 1 aromatic carbocycles. The van der Waals surface area contributed by atoms with E-state index in [1.165, 1.54) is 23.1 Å². The van der Waals surface area contributed by atoms with Gasteiger partial charge in [0.15, 0.2) is 0 Å². The lowest BCUT2D eigenvalue weighted by atomic mass is 10.1. The van der Waals surface area contributed by atoms with E-state index in [0.717, 1.165) is 0 Å². The van der Waals surface area contributed by atoms with E-state index in [0.29, 0.717) is 13.1 Å². The monoisotopic (exact) mass is 249 g/mol. The van der Waals surface area contributed by atoms with E-state index >= 15 is 0 Å². The number of carbonyl (C=O) groups is 2. The van der Waals surface area contributed by atoms with Crippen molar-refractivity contribution in [3.63, 3.8) is 0 Å². The Morgan fingerprint density at radius 1 is 1.39 bits per heavy atom. The van der Waals surface area contributed by atoms with Gasteiger partial charge in [-0.1, -0.05) is 12.1 Å². The van der Waals surface area contributed by atoms with Crippen molar-refractivity contribution in [1.82, 2.24) is 10.2 Å². The maximum Gasteiger partial charge on any atom is 0.282 e. The summed E-state index contributed by atoms with van der Waals surface area (Å²) in [7, 11) is 0. The molecule has 1 N–H and O–H groups in total. The molecule has 94 valence electrons. The van der Waals surface area contributed by atoms with Crippen molar-refractivity contribution in [2.75, 3.05) is 19.6 Å². The number of hydrogen-bond donors (Lipinski definition) is 1. The summed E-state index contributed by atoms with van der Waals surface area (Å²) >= 11 is 0. The Morgan fingerprint density at radius 3 is 2.78 bits per heavy atom. The summed E-state index contributed by atoms with van der Waals surface area (Å²) in [6.45, 7) is 0.659. The fourth-order valence-corrected chi connectivity index (χ4v) is 1.80. The molecule has 0 unspecified atom stereocenters. The number of nitro benzene ring substituents is 1. The van der Waals surface area contributed by atoms with Crippen LogP contribution in [0.2, 0.25) is 0 Å².